The van der Waals surface area contributed by atoms with Gasteiger partial charge in [-0.3, -0.25) is 14.4 Å². The number of piperidine rings is 1. The van der Waals surface area contributed by atoms with Gasteiger partial charge in [0, 0.05) is 49.1 Å². The van der Waals surface area contributed by atoms with E-state index in [4.69, 9.17) is 9.47 Å². The van der Waals surface area contributed by atoms with Gasteiger partial charge in [-0.25, -0.2) is 0 Å². The third-order valence-corrected chi connectivity index (χ3v) is 9.02. The number of carbonyl (C=O) groups is 3. The Kier molecular flexibility index (Phi) is 12.5. The summed E-state index contributed by atoms with van der Waals surface area (Å²) in [6.45, 7) is 6.07. The molecule has 1 fully saturated rings. The number of aryl methyl sites for hydroxylation is 1. The Balaban J connectivity index is 1.15. The van der Waals surface area contributed by atoms with Crippen molar-refractivity contribution in [2.45, 2.75) is 70.4 Å². The van der Waals surface area contributed by atoms with Gasteiger partial charge in [0.05, 0.1) is 26.2 Å². The van der Waals surface area contributed by atoms with Crippen molar-refractivity contribution < 1.29 is 29.0 Å². The third-order valence-electron chi connectivity index (χ3n) is 9.02. The maximum absolute atomic E-state index is 13.5. The maximum atomic E-state index is 13.5. The van der Waals surface area contributed by atoms with E-state index in [0.717, 1.165) is 40.7 Å². The van der Waals surface area contributed by atoms with Gasteiger partial charge >= 0.3 is 5.97 Å². The average Bonchev–Trinajstić information content (AvgIpc) is 3.41. The minimum absolute atomic E-state index is 0.294. The van der Waals surface area contributed by atoms with Gasteiger partial charge in [0.15, 0.2) is 0 Å². The maximum Gasteiger partial charge on any atom is 0.304 e. The molecule has 0 saturated carbocycles. The molecule has 10 nitrogen and oxygen atoms in total. The number of likely N-dealkylation sites (tertiary alicyclic amines) is 1. The molecule has 3 aromatic rings. The van der Waals surface area contributed by atoms with Gasteiger partial charge < -0.3 is 34.7 Å². The summed E-state index contributed by atoms with van der Waals surface area (Å²) in [4.78, 5) is 41.0. The molecule has 2 aliphatic rings. The number of amides is 2. The van der Waals surface area contributed by atoms with Gasteiger partial charge in [-0.05, 0) is 80.9 Å². The first-order valence-corrected chi connectivity index (χ1v) is 16.8. The number of nitrogens with one attached hydrogen (secondary N) is 2. The van der Waals surface area contributed by atoms with Gasteiger partial charge in [-0.1, -0.05) is 36.8 Å². The molecule has 2 bridgehead atoms. The Morgan fingerprint density at radius 3 is 2.63 bits per heavy atom. The minimum atomic E-state index is -1.04. The zero-order valence-corrected chi connectivity index (χ0v) is 26.8. The van der Waals surface area contributed by atoms with Crippen LogP contribution in [-0.4, -0.2) is 84.4 Å². The summed E-state index contributed by atoms with van der Waals surface area (Å²) in [6, 6.07) is 15.2. The van der Waals surface area contributed by atoms with Gasteiger partial charge in [0.1, 0.15) is 11.8 Å². The molecule has 0 radical (unpaired) electrons. The summed E-state index contributed by atoms with van der Waals surface area (Å²) in [5, 5.41) is 16.4. The van der Waals surface area contributed by atoms with Crippen molar-refractivity contribution in [2.24, 2.45) is 5.92 Å². The number of carbonyl (C=O) groups excluding carboxylic acids is 2. The van der Waals surface area contributed by atoms with E-state index in [9.17, 15) is 19.5 Å². The number of hydrogen-bond donors (Lipinski definition) is 3. The van der Waals surface area contributed by atoms with E-state index in [1.807, 2.05) is 54.7 Å². The second-order valence-electron chi connectivity index (χ2n) is 12.5. The fourth-order valence-electron chi connectivity index (χ4n) is 6.53. The van der Waals surface area contributed by atoms with Gasteiger partial charge in [-0.15, -0.1) is 0 Å². The summed E-state index contributed by atoms with van der Waals surface area (Å²) >= 11 is 0. The van der Waals surface area contributed by atoms with Crippen LogP contribution in [0.1, 0.15) is 56.1 Å². The predicted octanol–water partition coefficient (Wildman–Crippen LogP) is 4.18. The first kappa shape index (κ1) is 33.5. The van der Waals surface area contributed by atoms with E-state index in [1.165, 1.54) is 32.4 Å². The smallest absolute Gasteiger partial charge is 0.304 e. The molecule has 1 unspecified atom stereocenters. The van der Waals surface area contributed by atoms with Gasteiger partial charge in [-0.2, -0.15) is 0 Å². The molecule has 46 heavy (non-hydrogen) atoms. The van der Waals surface area contributed by atoms with Crippen LogP contribution >= 0.6 is 0 Å². The Bertz CT molecular complexity index is 1430. The molecule has 248 valence electrons. The zero-order valence-electron chi connectivity index (χ0n) is 26.8. The summed E-state index contributed by atoms with van der Waals surface area (Å²) in [6.07, 6.45) is 8.72. The van der Waals surface area contributed by atoms with Crippen molar-refractivity contribution in [3.8, 4) is 5.75 Å². The number of hydrogen-bond acceptors (Lipinski definition) is 6. The highest BCUT2D eigenvalue weighted by Crippen LogP contribution is 2.24. The van der Waals surface area contributed by atoms with Crippen molar-refractivity contribution in [3.05, 3.63) is 65.9 Å². The second kappa shape index (κ2) is 17.1. The second-order valence-corrected chi connectivity index (χ2v) is 12.5. The molecule has 1 aromatic heterocycles. The van der Waals surface area contributed by atoms with E-state index in [1.54, 1.807) is 0 Å². The lowest BCUT2D eigenvalue weighted by atomic mass is 9.94. The number of nitrogens with zero attached hydrogens (tertiary/aromatic N) is 2. The quantitative estimate of drug-likeness (QED) is 0.242. The molecule has 2 aromatic carbocycles. The Morgan fingerprint density at radius 1 is 1.02 bits per heavy atom. The van der Waals surface area contributed by atoms with E-state index in [0.29, 0.717) is 58.6 Å². The molecule has 3 N–H and O–H groups in total. The molecule has 2 atom stereocenters. The number of aliphatic carboxylic acids is 1. The molecule has 10 heteroatoms. The summed E-state index contributed by atoms with van der Waals surface area (Å²) in [7, 11) is 0. The number of carboxylic acid groups (broad SMARTS) is 1. The van der Waals surface area contributed by atoms with Gasteiger partial charge in [0.25, 0.3) is 0 Å². The van der Waals surface area contributed by atoms with Crippen molar-refractivity contribution in [3.63, 3.8) is 0 Å². The summed E-state index contributed by atoms with van der Waals surface area (Å²) in [5.41, 5.74) is 3.09. The average molecular weight is 633 g/mol. The van der Waals surface area contributed by atoms with E-state index < -0.39 is 23.8 Å². The van der Waals surface area contributed by atoms with Crippen molar-refractivity contribution >= 4 is 28.7 Å². The number of para-hydroxylation sites is 1. The molecule has 0 aliphatic carbocycles. The van der Waals surface area contributed by atoms with Crippen molar-refractivity contribution in [1.29, 1.82) is 0 Å². The molecular formula is C36H48N4O6. The number of rotatable bonds is 13. The first-order chi connectivity index (χ1) is 22.5. The first-order valence-electron chi connectivity index (χ1n) is 16.8. The van der Waals surface area contributed by atoms with Crippen LogP contribution in [0.3, 0.4) is 0 Å². The van der Waals surface area contributed by atoms with E-state index in [2.05, 4.69) is 20.1 Å². The Labute approximate surface area is 271 Å². The van der Waals surface area contributed by atoms with E-state index >= 15 is 0 Å². The third kappa shape index (κ3) is 9.80. The van der Waals surface area contributed by atoms with Crippen LogP contribution in [-0.2, 0) is 38.5 Å². The minimum Gasteiger partial charge on any atom is -0.494 e. The standard InChI is InChI=1S/C36H48N4O6/c41-34(42)25-28(9-6-8-27-12-14-30(15-13-27)46-21-7-19-39-17-4-1-5-18-39)35(43)38-32-24-29-26-40(33-11-3-2-10-31(29)33)20-23-45-22-16-37-36(32)44/h2-3,10-15,26,28,32H,1,4-9,16-25H2,(H,37,44)(H,38,43)(H,41,42)/t28-,32?/m1/s1. The monoisotopic (exact) mass is 632 g/mol. The molecule has 3 heterocycles. The Morgan fingerprint density at radius 2 is 1.83 bits per heavy atom. The van der Waals surface area contributed by atoms with E-state index in [-0.39, 0.29) is 12.3 Å². The topological polar surface area (TPSA) is 122 Å². The van der Waals surface area contributed by atoms with Crippen LogP contribution in [0, 0.1) is 5.92 Å². The lowest BCUT2D eigenvalue weighted by Gasteiger charge is -2.26. The molecule has 0 spiro atoms. The van der Waals surface area contributed by atoms with Gasteiger partial charge in [0.2, 0.25) is 11.8 Å². The number of fused-ring (bicyclic) bond motifs is 5. The highest BCUT2D eigenvalue weighted by atomic mass is 16.5. The lowest BCUT2D eigenvalue weighted by molar-refractivity contribution is -0.141. The lowest BCUT2D eigenvalue weighted by Crippen LogP contribution is -2.50. The van der Waals surface area contributed by atoms with Crippen LogP contribution in [0.2, 0.25) is 0 Å². The molecule has 1 saturated heterocycles. The number of carboxylic acids is 1. The molecular weight excluding hydrogens is 584 g/mol. The number of benzene rings is 2. The predicted molar refractivity (Wildman–Crippen MR) is 177 cm³/mol. The van der Waals surface area contributed by atoms with Crippen LogP contribution in [0.15, 0.2) is 54.7 Å². The fourth-order valence-corrected chi connectivity index (χ4v) is 6.53. The summed E-state index contributed by atoms with van der Waals surface area (Å²) < 4.78 is 13.8. The van der Waals surface area contributed by atoms with Crippen LogP contribution in [0.4, 0.5) is 0 Å². The largest absolute Gasteiger partial charge is 0.494 e. The molecule has 2 aliphatic heterocycles. The van der Waals surface area contributed by atoms with Crippen LogP contribution < -0.4 is 15.4 Å². The van der Waals surface area contributed by atoms with Crippen LogP contribution in [0.25, 0.3) is 10.9 Å². The molecule has 5 rings (SSSR count). The Hall–Kier alpha value is -3.89. The van der Waals surface area contributed by atoms with Crippen LogP contribution in [0.5, 0.6) is 5.75 Å². The highest BCUT2D eigenvalue weighted by molar-refractivity contribution is 5.91. The zero-order chi connectivity index (χ0) is 32.1. The SMILES string of the molecule is O=C(O)C[C@@H](CCCc1ccc(OCCCN2CCCCC2)cc1)C(=O)NC1Cc2cn(c3ccccc23)CCOCCNC1=O. The number of aromatic nitrogens is 1. The normalized spacial score (nSPS) is 18.6. The number of ether oxygens (including phenoxy) is 2. The highest BCUT2D eigenvalue weighted by Gasteiger charge is 2.28. The van der Waals surface area contributed by atoms with Crippen molar-refractivity contribution in [1.82, 2.24) is 20.1 Å². The molecule has 2 amide bonds. The fraction of sp³-hybridized carbons (Fsp3) is 0.528. The van der Waals surface area contributed by atoms with Crippen molar-refractivity contribution in [2.75, 3.05) is 46.0 Å². The summed E-state index contributed by atoms with van der Waals surface area (Å²) in [5.74, 6) is -1.67.